The molecule has 1 aromatic rings. The molecule has 0 aromatic carbocycles. The number of H-pyrrole nitrogens is 1. The highest BCUT2D eigenvalue weighted by Gasteiger charge is 2.54. The van der Waals surface area contributed by atoms with E-state index in [1.165, 1.54) is 0 Å². The maximum Gasteiger partial charge on any atom is 0.347 e. The molecule has 7 N–H and O–H groups in total. The molecule has 0 saturated carbocycles. The highest BCUT2D eigenvalue weighted by atomic mass is 16.6. The molecule has 33 heavy (non-hydrogen) atoms. The van der Waals surface area contributed by atoms with Gasteiger partial charge in [0, 0.05) is 13.0 Å². The average molecular weight is 472 g/mol. The number of amidine groups is 2. The van der Waals surface area contributed by atoms with E-state index in [9.17, 15) is 24.9 Å². The summed E-state index contributed by atoms with van der Waals surface area (Å²) in [7, 11) is 0. The quantitative estimate of drug-likeness (QED) is 0.219. The summed E-state index contributed by atoms with van der Waals surface area (Å²) in [5, 5.41) is 57.7. The normalized spacial score (nSPS) is 37.1. The Morgan fingerprint density at radius 1 is 1.06 bits per heavy atom. The maximum absolute atomic E-state index is 11.4. The predicted octanol–water partition coefficient (Wildman–Crippen LogP) is -4.95. The van der Waals surface area contributed by atoms with Gasteiger partial charge < -0.3 is 39.7 Å². The maximum atomic E-state index is 11.4. The van der Waals surface area contributed by atoms with E-state index in [1.807, 2.05) is 4.98 Å². The topological polar surface area (TPSA) is 236 Å². The number of aliphatic imine (C=N–C) groups is 1. The van der Waals surface area contributed by atoms with Gasteiger partial charge in [0.1, 0.15) is 42.6 Å². The van der Waals surface area contributed by atoms with Crippen LogP contribution in [-0.4, -0.2) is 120 Å². The van der Waals surface area contributed by atoms with Gasteiger partial charge in [-0.1, -0.05) is 0 Å². The molecule has 1 aromatic heterocycles. The number of aromatic amines is 1. The summed E-state index contributed by atoms with van der Waals surface area (Å²) in [4.78, 5) is 29.9. The minimum absolute atomic E-state index is 0.229. The summed E-state index contributed by atoms with van der Waals surface area (Å²) in [5.41, 5.74) is -1.55. The second-order valence-corrected chi connectivity index (χ2v) is 7.72. The molecule has 16 heteroatoms. The second kappa shape index (κ2) is 9.26. The van der Waals surface area contributed by atoms with E-state index in [-0.39, 0.29) is 18.7 Å². The Hall–Kier alpha value is -2.73. The molecule has 3 saturated heterocycles. The van der Waals surface area contributed by atoms with Crippen molar-refractivity contribution in [2.75, 3.05) is 19.8 Å². The molecule has 2 unspecified atom stereocenters. The SMILES string of the molecule is N=C1CCN2C(=N1)OC1[C@@H](O)[C@@H](CO)O[C@H]12.O=c1cnn([C@@H]2O[C@H](CO)[C@H](O)C2O)c(=O)[nH]1. The fourth-order valence-electron chi connectivity index (χ4n) is 3.88. The molecular formula is C17H24N6O10. The lowest BCUT2D eigenvalue weighted by atomic mass is 10.1. The number of hydrogen-bond acceptors (Lipinski definition) is 13. The number of aliphatic hydroxyl groups excluding tert-OH is 5. The highest BCUT2D eigenvalue weighted by Crippen LogP contribution is 2.33. The highest BCUT2D eigenvalue weighted by molar-refractivity contribution is 5.95. The monoisotopic (exact) mass is 472 g/mol. The Morgan fingerprint density at radius 3 is 2.36 bits per heavy atom. The van der Waals surface area contributed by atoms with Gasteiger partial charge in [0.15, 0.2) is 18.6 Å². The van der Waals surface area contributed by atoms with Gasteiger partial charge in [-0.05, 0) is 0 Å². The number of ether oxygens (including phenoxy) is 3. The van der Waals surface area contributed by atoms with Crippen LogP contribution in [0.25, 0.3) is 0 Å². The molecule has 5 rings (SSSR count). The molecule has 0 amide bonds. The van der Waals surface area contributed by atoms with Gasteiger partial charge in [0.25, 0.3) is 11.6 Å². The Morgan fingerprint density at radius 2 is 1.73 bits per heavy atom. The number of rotatable bonds is 3. The third-order valence-corrected chi connectivity index (χ3v) is 5.60. The number of nitrogens with zero attached hydrogens (tertiary/aromatic N) is 4. The summed E-state index contributed by atoms with van der Waals surface area (Å²) >= 11 is 0. The smallest absolute Gasteiger partial charge is 0.347 e. The van der Waals surface area contributed by atoms with Gasteiger partial charge in [-0.25, -0.2) is 4.79 Å². The second-order valence-electron chi connectivity index (χ2n) is 7.72. The lowest BCUT2D eigenvalue weighted by Crippen LogP contribution is -2.40. The van der Waals surface area contributed by atoms with Crippen molar-refractivity contribution in [3.8, 4) is 0 Å². The van der Waals surface area contributed by atoms with E-state index in [1.54, 1.807) is 4.90 Å². The van der Waals surface area contributed by atoms with Crippen molar-refractivity contribution in [1.29, 1.82) is 5.41 Å². The van der Waals surface area contributed by atoms with Crippen molar-refractivity contribution in [2.45, 2.75) is 55.5 Å². The fourth-order valence-corrected chi connectivity index (χ4v) is 3.88. The zero-order valence-corrected chi connectivity index (χ0v) is 17.1. The predicted molar refractivity (Wildman–Crippen MR) is 105 cm³/mol. The van der Waals surface area contributed by atoms with Crippen LogP contribution in [0.1, 0.15) is 12.6 Å². The molecule has 5 heterocycles. The summed E-state index contributed by atoms with van der Waals surface area (Å²) in [6.45, 7) is -0.135. The molecular weight excluding hydrogens is 448 g/mol. The Kier molecular flexibility index (Phi) is 6.57. The van der Waals surface area contributed by atoms with Crippen LogP contribution in [-0.2, 0) is 14.2 Å². The molecule has 4 aliphatic heterocycles. The van der Waals surface area contributed by atoms with Gasteiger partial charge in [0.05, 0.1) is 13.2 Å². The first-order valence-electron chi connectivity index (χ1n) is 10.1. The largest absolute Gasteiger partial charge is 0.454 e. The average Bonchev–Trinajstić information content (AvgIpc) is 3.39. The number of fused-ring (bicyclic) bond motifs is 3. The zero-order chi connectivity index (χ0) is 23.9. The van der Waals surface area contributed by atoms with E-state index in [0.29, 0.717) is 23.7 Å². The summed E-state index contributed by atoms with van der Waals surface area (Å²) in [6, 6.07) is 0.349. The van der Waals surface area contributed by atoms with Gasteiger partial charge in [-0.15, -0.1) is 0 Å². The Bertz CT molecular complexity index is 1030. The fraction of sp³-hybridized carbons (Fsp3) is 0.706. The minimum atomic E-state index is -1.41. The van der Waals surface area contributed by atoms with Gasteiger partial charge >= 0.3 is 5.69 Å². The van der Waals surface area contributed by atoms with Crippen molar-refractivity contribution in [3.63, 3.8) is 0 Å². The molecule has 0 radical (unpaired) electrons. The minimum Gasteiger partial charge on any atom is -0.454 e. The van der Waals surface area contributed by atoms with Crippen LogP contribution < -0.4 is 11.2 Å². The van der Waals surface area contributed by atoms with Gasteiger partial charge in [-0.2, -0.15) is 14.8 Å². The van der Waals surface area contributed by atoms with E-state index in [0.717, 1.165) is 6.20 Å². The van der Waals surface area contributed by atoms with Crippen LogP contribution >= 0.6 is 0 Å². The summed E-state index contributed by atoms with van der Waals surface area (Å²) < 4.78 is 16.7. The number of aliphatic hydroxyl groups is 5. The van der Waals surface area contributed by atoms with Crippen LogP contribution in [0.5, 0.6) is 0 Å². The molecule has 8 atom stereocenters. The first-order valence-corrected chi connectivity index (χ1v) is 10.1. The number of aromatic nitrogens is 3. The van der Waals surface area contributed by atoms with Crippen molar-refractivity contribution in [1.82, 2.24) is 19.7 Å². The Balaban J connectivity index is 0.000000157. The third-order valence-electron chi connectivity index (χ3n) is 5.60. The molecule has 3 fully saturated rings. The molecule has 182 valence electrons. The van der Waals surface area contributed by atoms with Crippen molar-refractivity contribution in [3.05, 3.63) is 27.0 Å². The van der Waals surface area contributed by atoms with E-state index < -0.39 is 60.7 Å². The van der Waals surface area contributed by atoms with Crippen LogP contribution in [0.2, 0.25) is 0 Å². The van der Waals surface area contributed by atoms with Gasteiger partial charge in [-0.3, -0.25) is 20.1 Å². The van der Waals surface area contributed by atoms with E-state index in [2.05, 4.69) is 10.1 Å². The van der Waals surface area contributed by atoms with Crippen molar-refractivity contribution < 1.29 is 39.7 Å². The first kappa shape index (κ1) is 23.4. The molecule has 0 bridgehead atoms. The van der Waals surface area contributed by atoms with Crippen molar-refractivity contribution in [2.24, 2.45) is 4.99 Å². The zero-order valence-electron chi connectivity index (χ0n) is 17.1. The number of hydrogen-bond donors (Lipinski definition) is 7. The van der Waals surface area contributed by atoms with Crippen LogP contribution in [0, 0.1) is 5.41 Å². The first-order chi connectivity index (χ1) is 15.7. The molecule has 0 spiro atoms. The number of nitrogens with one attached hydrogen (secondary N) is 2. The Labute approximate surface area is 184 Å². The molecule has 0 aliphatic carbocycles. The molecule has 4 aliphatic rings. The summed E-state index contributed by atoms with van der Waals surface area (Å²) in [6.07, 6.45) is -5.96. The standard InChI is InChI=1S/C9H13N3O4.C8H11N3O6/c10-5-1-2-12-8-7(16-9(12)11-5)6(14)4(3-13)15-8;12-2-3-5(14)6(15)7(17-3)11-8(16)10-4(13)1-9-11/h4,6-8,10,13-14H,1-3H2;1,3,5-7,12,14-15H,2H2,(H,10,13,16)/t4-,6+,7?,8-;3-,5+,6?,7-/m11/s1. The summed E-state index contributed by atoms with van der Waals surface area (Å²) in [5.74, 6) is 0.277. The van der Waals surface area contributed by atoms with Crippen LogP contribution in [0.3, 0.4) is 0 Å². The lowest BCUT2D eigenvalue weighted by Gasteiger charge is -2.25. The van der Waals surface area contributed by atoms with Crippen LogP contribution in [0.15, 0.2) is 20.8 Å². The van der Waals surface area contributed by atoms with Gasteiger partial charge in [0.2, 0.25) is 0 Å². The van der Waals surface area contributed by atoms with E-state index in [4.69, 9.17) is 29.8 Å². The molecule has 16 nitrogen and oxygen atoms in total. The lowest BCUT2D eigenvalue weighted by molar-refractivity contribution is -0.0618. The van der Waals surface area contributed by atoms with Crippen LogP contribution in [0.4, 0.5) is 0 Å². The van der Waals surface area contributed by atoms with E-state index >= 15 is 0 Å². The van der Waals surface area contributed by atoms with Crippen molar-refractivity contribution >= 4 is 11.9 Å². The third kappa shape index (κ3) is 4.29.